The minimum absolute atomic E-state index is 0.179. The highest BCUT2D eigenvalue weighted by Crippen LogP contribution is 2.23. The monoisotopic (exact) mass is 226 g/mol. The lowest BCUT2D eigenvalue weighted by Gasteiger charge is -2.27. The third kappa shape index (κ3) is 2.71. The molecule has 2 nitrogen and oxygen atoms in total. The van der Waals surface area contributed by atoms with E-state index >= 15 is 0 Å². The van der Waals surface area contributed by atoms with Crippen LogP contribution in [0.5, 0.6) is 0 Å². The van der Waals surface area contributed by atoms with Crippen molar-refractivity contribution in [2.75, 3.05) is 13.2 Å². The average Bonchev–Trinajstić information content (AvgIpc) is 2.24. The molecular formula is C12H15ClO2. The van der Waals surface area contributed by atoms with Gasteiger partial charge in [-0.2, -0.15) is 0 Å². The number of halogens is 1. The molecule has 1 aliphatic rings. The van der Waals surface area contributed by atoms with Crippen molar-refractivity contribution >= 4 is 11.6 Å². The Bertz CT molecular complexity index is 327. The number of aliphatic hydroxyl groups is 1. The maximum Gasteiger partial charge on any atom is 0.0615 e. The van der Waals surface area contributed by atoms with Crippen molar-refractivity contribution in [1.82, 2.24) is 0 Å². The summed E-state index contributed by atoms with van der Waals surface area (Å²) < 4.78 is 5.36. The topological polar surface area (TPSA) is 29.5 Å². The van der Waals surface area contributed by atoms with E-state index in [9.17, 15) is 5.11 Å². The van der Waals surface area contributed by atoms with Gasteiger partial charge in [-0.1, -0.05) is 29.8 Å². The Morgan fingerprint density at radius 1 is 1.40 bits per heavy atom. The van der Waals surface area contributed by atoms with Crippen molar-refractivity contribution in [1.29, 1.82) is 0 Å². The van der Waals surface area contributed by atoms with E-state index in [1.807, 2.05) is 24.3 Å². The molecule has 0 spiro atoms. The van der Waals surface area contributed by atoms with Gasteiger partial charge in [-0.05, 0) is 24.5 Å². The van der Waals surface area contributed by atoms with Gasteiger partial charge in [0.2, 0.25) is 0 Å². The quantitative estimate of drug-likeness (QED) is 0.839. The highest BCUT2D eigenvalue weighted by Gasteiger charge is 2.24. The zero-order valence-electron chi connectivity index (χ0n) is 8.53. The van der Waals surface area contributed by atoms with Crippen LogP contribution in [-0.4, -0.2) is 24.4 Å². The Morgan fingerprint density at radius 3 is 2.93 bits per heavy atom. The summed E-state index contributed by atoms with van der Waals surface area (Å²) >= 11 is 6.07. The van der Waals surface area contributed by atoms with Crippen LogP contribution in [0.2, 0.25) is 5.02 Å². The number of ether oxygens (including phenoxy) is 1. The molecule has 1 aliphatic heterocycles. The molecule has 0 aromatic heterocycles. The lowest BCUT2D eigenvalue weighted by atomic mass is 9.91. The molecule has 0 bridgehead atoms. The predicted octanol–water partition coefficient (Wildman–Crippen LogP) is 2.28. The molecule has 3 heteroatoms. The van der Waals surface area contributed by atoms with Gasteiger partial charge in [-0.15, -0.1) is 0 Å². The molecule has 0 aliphatic carbocycles. The Morgan fingerprint density at radius 2 is 2.20 bits per heavy atom. The van der Waals surface area contributed by atoms with Crippen molar-refractivity contribution in [3.8, 4) is 0 Å². The van der Waals surface area contributed by atoms with Gasteiger partial charge in [0.25, 0.3) is 0 Å². The number of hydrogen-bond acceptors (Lipinski definition) is 2. The standard InChI is InChI=1S/C12H15ClO2/c13-11-4-2-1-3-9(11)7-10-8-15-6-5-12(10)14/h1-4,10,12,14H,5-8H2. The fraction of sp³-hybridized carbons (Fsp3) is 0.500. The Kier molecular flexibility index (Phi) is 3.62. The number of benzene rings is 1. The molecule has 82 valence electrons. The molecule has 0 amide bonds. The number of rotatable bonds is 2. The van der Waals surface area contributed by atoms with E-state index in [0.717, 1.165) is 23.4 Å². The molecular weight excluding hydrogens is 212 g/mol. The zero-order valence-corrected chi connectivity index (χ0v) is 9.28. The molecule has 1 saturated heterocycles. The first-order valence-electron chi connectivity index (χ1n) is 5.26. The van der Waals surface area contributed by atoms with Gasteiger partial charge in [-0.25, -0.2) is 0 Å². The molecule has 1 N–H and O–H groups in total. The Balaban J connectivity index is 2.04. The van der Waals surface area contributed by atoms with Gasteiger partial charge in [0.1, 0.15) is 0 Å². The first-order chi connectivity index (χ1) is 7.27. The van der Waals surface area contributed by atoms with Gasteiger partial charge in [-0.3, -0.25) is 0 Å². The van der Waals surface area contributed by atoms with E-state index in [1.54, 1.807) is 0 Å². The Labute approximate surface area is 94.8 Å². The molecule has 1 aromatic rings. The van der Waals surface area contributed by atoms with Crippen molar-refractivity contribution in [3.63, 3.8) is 0 Å². The molecule has 2 atom stereocenters. The summed E-state index contributed by atoms with van der Waals surface area (Å²) in [7, 11) is 0. The molecule has 2 unspecified atom stereocenters. The zero-order chi connectivity index (χ0) is 10.7. The lowest BCUT2D eigenvalue weighted by Crippen LogP contribution is -2.33. The Hall–Kier alpha value is -0.570. The van der Waals surface area contributed by atoms with Gasteiger partial charge in [0.15, 0.2) is 0 Å². The highest BCUT2D eigenvalue weighted by atomic mass is 35.5. The molecule has 15 heavy (non-hydrogen) atoms. The lowest BCUT2D eigenvalue weighted by molar-refractivity contribution is -0.0350. The summed E-state index contributed by atoms with van der Waals surface area (Å²) in [5, 5.41) is 10.6. The normalized spacial score (nSPS) is 26.5. The maximum atomic E-state index is 9.80. The van der Waals surface area contributed by atoms with Crippen LogP contribution in [0.15, 0.2) is 24.3 Å². The summed E-state index contributed by atoms with van der Waals surface area (Å²) in [6.07, 6.45) is 1.27. The van der Waals surface area contributed by atoms with E-state index in [-0.39, 0.29) is 12.0 Å². The second-order valence-corrected chi connectivity index (χ2v) is 4.39. The largest absolute Gasteiger partial charge is 0.393 e. The van der Waals surface area contributed by atoms with E-state index < -0.39 is 0 Å². The van der Waals surface area contributed by atoms with Crippen LogP contribution in [0.1, 0.15) is 12.0 Å². The second kappa shape index (κ2) is 4.97. The SMILES string of the molecule is OC1CCOCC1Cc1ccccc1Cl. The number of hydrogen-bond donors (Lipinski definition) is 1. The molecule has 1 aromatic carbocycles. The van der Waals surface area contributed by atoms with Crippen molar-refractivity contribution in [2.45, 2.75) is 18.9 Å². The van der Waals surface area contributed by atoms with Crippen molar-refractivity contribution < 1.29 is 9.84 Å². The van der Waals surface area contributed by atoms with Gasteiger partial charge >= 0.3 is 0 Å². The minimum atomic E-state index is -0.255. The molecule has 0 radical (unpaired) electrons. The first-order valence-corrected chi connectivity index (χ1v) is 5.64. The van der Waals surface area contributed by atoms with Crippen LogP contribution >= 0.6 is 11.6 Å². The van der Waals surface area contributed by atoms with Crippen LogP contribution in [0, 0.1) is 5.92 Å². The minimum Gasteiger partial charge on any atom is -0.393 e. The van der Waals surface area contributed by atoms with E-state index in [2.05, 4.69) is 0 Å². The smallest absolute Gasteiger partial charge is 0.0615 e. The highest BCUT2D eigenvalue weighted by molar-refractivity contribution is 6.31. The number of aliphatic hydroxyl groups excluding tert-OH is 1. The van der Waals surface area contributed by atoms with Crippen LogP contribution in [0.4, 0.5) is 0 Å². The summed E-state index contributed by atoms with van der Waals surface area (Å²) in [6, 6.07) is 7.77. The van der Waals surface area contributed by atoms with Crippen LogP contribution < -0.4 is 0 Å². The van der Waals surface area contributed by atoms with E-state index in [0.29, 0.717) is 13.2 Å². The van der Waals surface area contributed by atoms with Gasteiger partial charge in [0.05, 0.1) is 12.7 Å². The third-order valence-electron chi connectivity index (χ3n) is 2.87. The van der Waals surface area contributed by atoms with Gasteiger partial charge < -0.3 is 9.84 Å². The van der Waals surface area contributed by atoms with E-state index in [1.165, 1.54) is 0 Å². The summed E-state index contributed by atoms with van der Waals surface area (Å²) in [5.74, 6) is 0.179. The van der Waals surface area contributed by atoms with E-state index in [4.69, 9.17) is 16.3 Å². The fourth-order valence-corrected chi connectivity index (χ4v) is 2.14. The molecule has 2 rings (SSSR count). The second-order valence-electron chi connectivity index (χ2n) is 3.99. The average molecular weight is 227 g/mol. The first kappa shape index (κ1) is 10.9. The summed E-state index contributed by atoms with van der Waals surface area (Å²) in [4.78, 5) is 0. The van der Waals surface area contributed by atoms with Crippen LogP contribution in [0.25, 0.3) is 0 Å². The van der Waals surface area contributed by atoms with Gasteiger partial charge in [0, 0.05) is 17.5 Å². The maximum absolute atomic E-state index is 9.80. The predicted molar refractivity (Wildman–Crippen MR) is 60.1 cm³/mol. The third-order valence-corrected chi connectivity index (χ3v) is 3.24. The van der Waals surface area contributed by atoms with Crippen molar-refractivity contribution in [3.05, 3.63) is 34.9 Å². The summed E-state index contributed by atoms with van der Waals surface area (Å²) in [6.45, 7) is 1.30. The van der Waals surface area contributed by atoms with Crippen LogP contribution in [-0.2, 0) is 11.2 Å². The van der Waals surface area contributed by atoms with Crippen molar-refractivity contribution in [2.24, 2.45) is 5.92 Å². The van der Waals surface area contributed by atoms with Crippen LogP contribution in [0.3, 0.4) is 0 Å². The molecule has 0 saturated carbocycles. The fourth-order valence-electron chi connectivity index (χ4n) is 1.93. The molecule has 1 heterocycles. The summed E-state index contributed by atoms with van der Waals surface area (Å²) in [5.41, 5.74) is 1.09. The molecule has 1 fully saturated rings.